The van der Waals surface area contributed by atoms with Gasteiger partial charge in [0.1, 0.15) is 6.10 Å². The lowest BCUT2D eigenvalue weighted by atomic mass is 10.1. The highest BCUT2D eigenvalue weighted by molar-refractivity contribution is 5.17. The number of hydrogen-bond donors (Lipinski definition) is 1. The van der Waals surface area contributed by atoms with Crippen molar-refractivity contribution in [2.24, 2.45) is 0 Å². The molecule has 76 valence electrons. The quantitative estimate of drug-likeness (QED) is 0.821. The second-order valence-electron chi connectivity index (χ2n) is 3.34. The van der Waals surface area contributed by atoms with Crippen molar-refractivity contribution in [2.75, 3.05) is 0 Å². The molecule has 1 atom stereocenters. The van der Waals surface area contributed by atoms with Gasteiger partial charge in [0.05, 0.1) is 11.9 Å². The van der Waals surface area contributed by atoms with E-state index >= 15 is 0 Å². The minimum absolute atomic E-state index is 0.569. The van der Waals surface area contributed by atoms with E-state index in [-0.39, 0.29) is 0 Å². The van der Waals surface area contributed by atoms with Crippen molar-refractivity contribution in [1.82, 2.24) is 9.97 Å². The third kappa shape index (κ3) is 2.60. The highest BCUT2D eigenvalue weighted by atomic mass is 16.3. The Bertz CT molecular complexity index is 402. The van der Waals surface area contributed by atoms with Gasteiger partial charge >= 0.3 is 0 Å². The van der Waals surface area contributed by atoms with Gasteiger partial charge < -0.3 is 5.11 Å². The molecule has 0 saturated heterocycles. The molecule has 3 heteroatoms. The molecule has 2 rings (SSSR count). The number of aromatic nitrogens is 2. The van der Waals surface area contributed by atoms with Crippen LogP contribution in [0.2, 0.25) is 0 Å². The zero-order chi connectivity index (χ0) is 10.5. The Balaban J connectivity index is 2.08. The van der Waals surface area contributed by atoms with Crippen LogP contribution in [0, 0.1) is 0 Å². The highest BCUT2D eigenvalue weighted by Crippen LogP contribution is 2.14. The molecule has 0 bridgehead atoms. The van der Waals surface area contributed by atoms with Crippen molar-refractivity contribution in [3.8, 4) is 0 Å². The van der Waals surface area contributed by atoms with E-state index in [0.717, 1.165) is 5.56 Å². The summed E-state index contributed by atoms with van der Waals surface area (Å²) in [5.74, 6) is 0. The molecule has 0 aliphatic carbocycles. The van der Waals surface area contributed by atoms with Gasteiger partial charge in [0.15, 0.2) is 0 Å². The van der Waals surface area contributed by atoms with Crippen LogP contribution in [-0.2, 0) is 6.42 Å². The Labute approximate surface area is 88.5 Å². The molecule has 1 unspecified atom stereocenters. The number of nitrogens with zero attached hydrogens (tertiary/aromatic N) is 2. The van der Waals surface area contributed by atoms with Crippen LogP contribution in [0.5, 0.6) is 0 Å². The fourth-order valence-corrected chi connectivity index (χ4v) is 1.42. The molecular weight excluding hydrogens is 188 g/mol. The lowest BCUT2D eigenvalue weighted by Gasteiger charge is -2.08. The summed E-state index contributed by atoms with van der Waals surface area (Å²) in [7, 11) is 0. The van der Waals surface area contributed by atoms with E-state index in [1.54, 1.807) is 18.6 Å². The van der Waals surface area contributed by atoms with Crippen LogP contribution in [-0.4, -0.2) is 15.1 Å². The average Bonchev–Trinajstić information content (AvgIpc) is 2.31. The molecule has 0 aliphatic heterocycles. The number of benzene rings is 1. The standard InChI is InChI=1S/C12H12N2O/c15-12(11-9-13-6-7-14-11)8-10-4-2-1-3-5-10/h1-7,9,12,15H,8H2. The van der Waals surface area contributed by atoms with E-state index in [1.807, 2.05) is 30.3 Å². The van der Waals surface area contributed by atoms with Crippen molar-refractivity contribution in [1.29, 1.82) is 0 Å². The molecule has 0 amide bonds. The van der Waals surface area contributed by atoms with Gasteiger partial charge in [0, 0.05) is 18.8 Å². The lowest BCUT2D eigenvalue weighted by Crippen LogP contribution is -2.04. The maximum atomic E-state index is 9.87. The largest absolute Gasteiger partial charge is 0.386 e. The summed E-state index contributed by atoms with van der Waals surface area (Å²) in [6.45, 7) is 0. The van der Waals surface area contributed by atoms with E-state index in [4.69, 9.17) is 0 Å². The van der Waals surface area contributed by atoms with Gasteiger partial charge in [-0.2, -0.15) is 0 Å². The van der Waals surface area contributed by atoms with Crippen LogP contribution in [0.4, 0.5) is 0 Å². The molecule has 1 aromatic heterocycles. The van der Waals surface area contributed by atoms with Gasteiger partial charge in [-0.15, -0.1) is 0 Å². The zero-order valence-corrected chi connectivity index (χ0v) is 8.24. The Morgan fingerprint density at radius 3 is 2.60 bits per heavy atom. The minimum atomic E-state index is -0.582. The zero-order valence-electron chi connectivity index (χ0n) is 8.24. The molecule has 0 saturated carbocycles. The summed E-state index contributed by atoms with van der Waals surface area (Å²) in [5, 5.41) is 9.87. The third-order valence-electron chi connectivity index (χ3n) is 2.20. The van der Waals surface area contributed by atoms with E-state index in [1.165, 1.54) is 0 Å². The minimum Gasteiger partial charge on any atom is -0.386 e. The SMILES string of the molecule is OC(Cc1ccccc1)c1cnccn1. The van der Waals surface area contributed by atoms with Crippen molar-refractivity contribution in [3.05, 3.63) is 60.2 Å². The summed E-state index contributed by atoms with van der Waals surface area (Å²) in [6, 6.07) is 9.84. The Kier molecular flexibility index (Phi) is 3.05. The number of hydrogen-bond acceptors (Lipinski definition) is 3. The highest BCUT2D eigenvalue weighted by Gasteiger charge is 2.09. The molecule has 15 heavy (non-hydrogen) atoms. The molecule has 1 heterocycles. The van der Waals surface area contributed by atoms with Crippen molar-refractivity contribution >= 4 is 0 Å². The van der Waals surface area contributed by atoms with Crippen LogP contribution in [0.15, 0.2) is 48.9 Å². The van der Waals surface area contributed by atoms with Crippen molar-refractivity contribution in [2.45, 2.75) is 12.5 Å². The Morgan fingerprint density at radius 1 is 1.13 bits per heavy atom. The molecule has 3 nitrogen and oxygen atoms in total. The lowest BCUT2D eigenvalue weighted by molar-refractivity contribution is 0.173. The molecular formula is C12H12N2O. The first kappa shape index (κ1) is 9.80. The van der Waals surface area contributed by atoms with Gasteiger partial charge in [-0.05, 0) is 5.56 Å². The van der Waals surface area contributed by atoms with Crippen LogP contribution in [0.3, 0.4) is 0 Å². The summed E-state index contributed by atoms with van der Waals surface area (Å²) in [6.07, 6.45) is 4.76. The molecule has 1 N–H and O–H groups in total. The van der Waals surface area contributed by atoms with Gasteiger partial charge in [0.25, 0.3) is 0 Å². The molecule has 2 aromatic rings. The molecule has 0 spiro atoms. The Hall–Kier alpha value is -1.74. The first-order chi connectivity index (χ1) is 7.36. The van der Waals surface area contributed by atoms with Gasteiger partial charge in [-0.1, -0.05) is 30.3 Å². The van der Waals surface area contributed by atoms with Crippen LogP contribution in [0.25, 0.3) is 0 Å². The maximum Gasteiger partial charge on any atom is 0.102 e. The van der Waals surface area contributed by atoms with Gasteiger partial charge in [-0.3, -0.25) is 9.97 Å². The molecule has 1 aromatic carbocycles. The summed E-state index contributed by atoms with van der Waals surface area (Å²) in [5.41, 5.74) is 1.71. The van der Waals surface area contributed by atoms with Crippen molar-refractivity contribution < 1.29 is 5.11 Å². The fraction of sp³-hybridized carbons (Fsp3) is 0.167. The summed E-state index contributed by atoms with van der Waals surface area (Å²) in [4.78, 5) is 7.99. The number of aliphatic hydroxyl groups excluding tert-OH is 1. The smallest absolute Gasteiger partial charge is 0.102 e. The second kappa shape index (κ2) is 4.66. The Morgan fingerprint density at radius 2 is 1.93 bits per heavy atom. The van der Waals surface area contributed by atoms with Crippen LogP contribution < -0.4 is 0 Å². The first-order valence-corrected chi connectivity index (χ1v) is 4.84. The van der Waals surface area contributed by atoms with E-state index < -0.39 is 6.10 Å². The van der Waals surface area contributed by atoms with Gasteiger partial charge in [-0.25, -0.2) is 0 Å². The van der Waals surface area contributed by atoms with Crippen LogP contribution >= 0.6 is 0 Å². The monoisotopic (exact) mass is 200 g/mol. The summed E-state index contributed by atoms with van der Waals surface area (Å²) < 4.78 is 0. The van der Waals surface area contributed by atoms with E-state index in [2.05, 4.69) is 9.97 Å². The normalized spacial score (nSPS) is 12.3. The predicted molar refractivity (Wildman–Crippen MR) is 57.1 cm³/mol. The third-order valence-corrected chi connectivity index (χ3v) is 2.20. The van der Waals surface area contributed by atoms with E-state index in [0.29, 0.717) is 12.1 Å². The van der Waals surface area contributed by atoms with Gasteiger partial charge in [0.2, 0.25) is 0 Å². The molecule has 0 aliphatic rings. The number of rotatable bonds is 3. The fourth-order valence-electron chi connectivity index (χ4n) is 1.42. The topological polar surface area (TPSA) is 46.0 Å². The summed E-state index contributed by atoms with van der Waals surface area (Å²) >= 11 is 0. The van der Waals surface area contributed by atoms with Crippen LogP contribution in [0.1, 0.15) is 17.4 Å². The first-order valence-electron chi connectivity index (χ1n) is 4.84. The molecule has 0 fully saturated rings. The van der Waals surface area contributed by atoms with Crippen molar-refractivity contribution in [3.63, 3.8) is 0 Å². The average molecular weight is 200 g/mol. The maximum absolute atomic E-state index is 9.87. The molecule has 0 radical (unpaired) electrons. The van der Waals surface area contributed by atoms with E-state index in [9.17, 15) is 5.11 Å². The predicted octanol–water partition coefficient (Wildman–Crippen LogP) is 1.75. The second-order valence-corrected chi connectivity index (χ2v) is 3.34. The number of aliphatic hydroxyl groups is 1.